The van der Waals surface area contributed by atoms with Crippen molar-refractivity contribution in [3.8, 4) is 11.5 Å². The predicted octanol–water partition coefficient (Wildman–Crippen LogP) is 2.41. The van der Waals surface area contributed by atoms with Crippen molar-refractivity contribution in [3.05, 3.63) is 60.3 Å². The van der Waals surface area contributed by atoms with E-state index in [0.717, 1.165) is 16.7 Å². The van der Waals surface area contributed by atoms with Gasteiger partial charge in [-0.2, -0.15) is 0 Å². The molecule has 0 aliphatic carbocycles. The number of hydrogen-bond acceptors (Lipinski definition) is 4. The van der Waals surface area contributed by atoms with Crippen molar-refractivity contribution in [3.63, 3.8) is 0 Å². The third-order valence-corrected chi connectivity index (χ3v) is 3.65. The largest absolute Gasteiger partial charge is 0.494 e. The molecule has 0 saturated carbocycles. The van der Waals surface area contributed by atoms with Crippen LogP contribution in [0.1, 0.15) is 17.3 Å². The summed E-state index contributed by atoms with van der Waals surface area (Å²) < 4.78 is 10.7. The third-order valence-electron chi connectivity index (χ3n) is 3.65. The Bertz CT molecular complexity index is 903. The highest BCUT2D eigenvalue weighted by Gasteiger charge is 2.12. The minimum absolute atomic E-state index is 0.220. The number of carbonyl (C=O) groups excluding carboxylic acids is 2. The Kier molecular flexibility index (Phi) is 5.38. The fourth-order valence-corrected chi connectivity index (χ4v) is 2.44. The second-order valence-electron chi connectivity index (χ2n) is 5.44. The number of ether oxygens (including phenoxy) is 2. The number of carbonyl (C=O) groups is 2. The molecule has 0 fully saturated rings. The van der Waals surface area contributed by atoms with Crippen molar-refractivity contribution >= 4 is 22.7 Å². The van der Waals surface area contributed by atoms with E-state index >= 15 is 0 Å². The molecule has 0 aliphatic rings. The van der Waals surface area contributed by atoms with E-state index < -0.39 is 11.8 Å². The van der Waals surface area contributed by atoms with E-state index in [-0.39, 0.29) is 6.61 Å². The monoisotopic (exact) mass is 353 g/mol. The lowest BCUT2D eigenvalue weighted by atomic mass is 10.2. The van der Waals surface area contributed by atoms with Crippen LogP contribution in [0.4, 0.5) is 0 Å². The first-order valence-corrected chi connectivity index (χ1v) is 8.18. The van der Waals surface area contributed by atoms with Crippen LogP contribution in [-0.4, -0.2) is 30.0 Å². The number of nitrogens with one attached hydrogen (secondary N) is 3. The normalized spacial score (nSPS) is 10.3. The van der Waals surface area contributed by atoms with Gasteiger partial charge in [0.1, 0.15) is 11.5 Å². The summed E-state index contributed by atoms with van der Waals surface area (Å²) in [5.74, 6) is 0.394. The Morgan fingerprint density at radius 1 is 0.962 bits per heavy atom. The fourth-order valence-electron chi connectivity index (χ4n) is 2.44. The summed E-state index contributed by atoms with van der Waals surface area (Å²) in [6, 6.07) is 14.4. The Morgan fingerprint density at radius 3 is 2.38 bits per heavy atom. The zero-order valence-corrected chi connectivity index (χ0v) is 14.2. The van der Waals surface area contributed by atoms with Crippen LogP contribution in [-0.2, 0) is 4.79 Å². The number of aromatic amines is 1. The van der Waals surface area contributed by atoms with Gasteiger partial charge in [0, 0.05) is 17.1 Å². The van der Waals surface area contributed by atoms with Crippen molar-refractivity contribution < 1.29 is 19.1 Å². The molecule has 0 aliphatic heterocycles. The quantitative estimate of drug-likeness (QED) is 0.593. The second-order valence-corrected chi connectivity index (χ2v) is 5.44. The van der Waals surface area contributed by atoms with Crippen molar-refractivity contribution in [2.75, 3.05) is 13.2 Å². The fraction of sp³-hybridized carbons (Fsp3) is 0.158. The first-order valence-electron chi connectivity index (χ1n) is 8.18. The number of para-hydroxylation sites is 1. The number of fused-ring (bicyclic) bond motifs is 1. The summed E-state index contributed by atoms with van der Waals surface area (Å²) in [5.41, 5.74) is 6.02. The summed E-state index contributed by atoms with van der Waals surface area (Å²) in [4.78, 5) is 27.0. The summed E-state index contributed by atoms with van der Waals surface area (Å²) in [6.07, 6.45) is 1.60. The molecule has 1 aromatic heterocycles. The number of hydrogen-bond donors (Lipinski definition) is 3. The second kappa shape index (κ2) is 8.06. The number of H-pyrrole nitrogens is 1. The average molecular weight is 353 g/mol. The molecule has 3 aromatic rings. The first kappa shape index (κ1) is 17.3. The molecular weight excluding hydrogens is 334 g/mol. The average Bonchev–Trinajstić information content (AvgIpc) is 3.10. The van der Waals surface area contributed by atoms with E-state index in [1.54, 1.807) is 30.5 Å². The maximum Gasteiger partial charge on any atom is 0.276 e. The molecule has 134 valence electrons. The Morgan fingerprint density at radius 2 is 1.65 bits per heavy atom. The van der Waals surface area contributed by atoms with Gasteiger partial charge in [0.2, 0.25) is 0 Å². The highest BCUT2D eigenvalue weighted by molar-refractivity contribution is 6.07. The molecule has 0 spiro atoms. The lowest BCUT2D eigenvalue weighted by molar-refractivity contribution is -0.123. The van der Waals surface area contributed by atoms with Crippen molar-refractivity contribution in [2.45, 2.75) is 6.92 Å². The highest BCUT2D eigenvalue weighted by Crippen LogP contribution is 2.18. The molecule has 1 heterocycles. The summed E-state index contributed by atoms with van der Waals surface area (Å²) in [6.45, 7) is 2.26. The van der Waals surface area contributed by atoms with Crippen LogP contribution < -0.4 is 20.3 Å². The highest BCUT2D eigenvalue weighted by atomic mass is 16.5. The number of hydrazine groups is 1. The van der Waals surface area contributed by atoms with Crippen LogP contribution in [0.3, 0.4) is 0 Å². The molecule has 0 atom stereocenters. The maximum absolute atomic E-state index is 12.2. The maximum atomic E-state index is 12.2. The standard InChI is InChI=1S/C19H19N3O4/c1-2-25-13-7-9-14(10-8-13)26-12-18(23)21-22-19(24)16-11-20-17-6-4-3-5-15(16)17/h3-11,20H,2,12H2,1H3,(H,21,23)(H,22,24). The Labute approximate surface area is 150 Å². The molecule has 0 unspecified atom stereocenters. The molecule has 0 saturated heterocycles. The molecule has 2 amide bonds. The van der Waals surface area contributed by atoms with Gasteiger partial charge < -0.3 is 14.5 Å². The van der Waals surface area contributed by atoms with Gasteiger partial charge in [0.05, 0.1) is 12.2 Å². The van der Waals surface area contributed by atoms with Gasteiger partial charge in [-0.25, -0.2) is 0 Å². The van der Waals surface area contributed by atoms with Crippen LogP contribution in [0.5, 0.6) is 11.5 Å². The predicted molar refractivity (Wildman–Crippen MR) is 97.0 cm³/mol. The molecular formula is C19H19N3O4. The lowest BCUT2D eigenvalue weighted by Gasteiger charge is -2.09. The minimum Gasteiger partial charge on any atom is -0.494 e. The zero-order valence-electron chi connectivity index (χ0n) is 14.2. The number of aromatic nitrogens is 1. The van der Waals surface area contributed by atoms with E-state index in [1.807, 2.05) is 31.2 Å². The van der Waals surface area contributed by atoms with E-state index in [2.05, 4.69) is 15.8 Å². The Hall–Kier alpha value is -3.48. The van der Waals surface area contributed by atoms with Gasteiger partial charge >= 0.3 is 0 Å². The third kappa shape index (κ3) is 4.13. The molecule has 3 N–H and O–H groups in total. The zero-order chi connectivity index (χ0) is 18.4. The van der Waals surface area contributed by atoms with Gasteiger partial charge in [-0.15, -0.1) is 0 Å². The molecule has 0 bridgehead atoms. The molecule has 0 radical (unpaired) electrons. The number of rotatable bonds is 6. The summed E-state index contributed by atoms with van der Waals surface area (Å²) in [5, 5.41) is 0.782. The number of benzene rings is 2. The van der Waals surface area contributed by atoms with E-state index in [1.165, 1.54) is 0 Å². The molecule has 26 heavy (non-hydrogen) atoms. The topological polar surface area (TPSA) is 92.4 Å². The van der Waals surface area contributed by atoms with Gasteiger partial charge in [0.15, 0.2) is 6.61 Å². The molecule has 7 heteroatoms. The van der Waals surface area contributed by atoms with Crippen LogP contribution >= 0.6 is 0 Å². The van der Waals surface area contributed by atoms with Crippen molar-refractivity contribution in [1.82, 2.24) is 15.8 Å². The lowest BCUT2D eigenvalue weighted by Crippen LogP contribution is -2.43. The Balaban J connectivity index is 1.48. The van der Waals surface area contributed by atoms with Gasteiger partial charge in [0.25, 0.3) is 11.8 Å². The minimum atomic E-state index is -0.466. The summed E-state index contributed by atoms with van der Waals surface area (Å²) >= 11 is 0. The van der Waals surface area contributed by atoms with E-state index in [4.69, 9.17) is 9.47 Å². The van der Waals surface area contributed by atoms with Gasteiger partial charge in [-0.1, -0.05) is 18.2 Å². The number of amides is 2. The van der Waals surface area contributed by atoms with Crippen LogP contribution in [0.25, 0.3) is 10.9 Å². The van der Waals surface area contributed by atoms with Crippen molar-refractivity contribution in [2.24, 2.45) is 0 Å². The van der Waals surface area contributed by atoms with Gasteiger partial charge in [-0.05, 0) is 37.3 Å². The summed E-state index contributed by atoms with van der Waals surface area (Å²) in [7, 11) is 0. The van der Waals surface area contributed by atoms with Crippen LogP contribution in [0.2, 0.25) is 0 Å². The van der Waals surface area contributed by atoms with Gasteiger partial charge in [-0.3, -0.25) is 20.4 Å². The molecule has 7 nitrogen and oxygen atoms in total. The smallest absolute Gasteiger partial charge is 0.276 e. The first-order chi connectivity index (χ1) is 12.7. The van der Waals surface area contributed by atoms with E-state index in [0.29, 0.717) is 17.9 Å². The van der Waals surface area contributed by atoms with Crippen molar-refractivity contribution in [1.29, 1.82) is 0 Å². The molecule has 3 rings (SSSR count). The molecule has 2 aromatic carbocycles. The SMILES string of the molecule is CCOc1ccc(OCC(=O)NNC(=O)c2c[nH]c3ccccc23)cc1. The van der Waals surface area contributed by atoms with E-state index in [9.17, 15) is 9.59 Å². The van der Waals surface area contributed by atoms with Crippen LogP contribution in [0.15, 0.2) is 54.7 Å². The van der Waals surface area contributed by atoms with Crippen LogP contribution in [0, 0.1) is 0 Å².